The SMILES string of the molecule is CC1(C)CC[C@@]2(C(=O)O[C@H]3O[C@@H](CO)[C@H](O)[C@@H](O)[C@@H]3O)CC[C@@]3(C)C(=CC[C@@H]4[C@]5(C)CC[C@H](O[C@@H]6O[C@H](CO)[C@@H](O[C@@H]7O[C@H](CO)[C@@H](O)[C@@H](O)[C@@H]7O)[C@H](O)[C@@H]6O)C(C)(C)[C@@H]5CC[C@@]43C)[C@@H]2C1. The Kier molecular flexibility index (Phi) is 13.9. The van der Waals surface area contributed by atoms with E-state index in [0.717, 1.165) is 44.9 Å². The molecular formula is C48H78O18. The van der Waals surface area contributed by atoms with Crippen molar-refractivity contribution in [2.24, 2.45) is 50.2 Å². The Hall–Kier alpha value is -1.43. The molecule has 0 unspecified atom stereocenters. The fourth-order valence-corrected chi connectivity index (χ4v) is 15.0. The maximum Gasteiger partial charge on any atom is 0.315 e. The molecule has 18 nitrogen and oxygen atoms in total. The van der Waals surface area contributed by atoms with E-state index in [0.29, 0.717) is 19.3 Å². The molecule has 66 heavy (non-hydrogen) atoms. The first-order chi connectivity index (χ1) is 30.9. The molecule has 5 aliphatic carbocycles. The number of fused-ring (bicyclic) bond motifs is 7. The van der Waals surface area contributed by atoms with Crippen molar-refractivity contribution in [3.05, 3.63) is 11.6 Å². The van der Waals surface area contributed by atoms with Crippen LogP contribution >= 0.6 is 0 Å². The van der Waals surface area contributed by atoms with Gasteiger partial charge in [-0.15, -0.1) is 0 Å². The van der Waals surface area contributed by atoms with Gasteiger partial charge in [-0.2, -0.15) is 0 Å². The van der Waals surface area contributed by atoms with Gasteiger partial charge in [-0.05, 0) is 109 Å². The van der Waals surface area contributed by atoms with E-state index < -0.39 is 135 Å². The highest BCUT2D eigenvalue weighted by Crippen LogP contribution is 2.76. The van der Waals surface area contributed by atoms with Crippen LogP contribution in [0.15, 0.2) is 11.6 Å². The van der Waals surface area contributed by atoms with E-state index in [1.165, 1.54) is 5.57 Å². The topological polar surface area (TPSA) is 295 Å². The second kappa shape index (κ2) is 18.0. The molecule has 0 spiro atoms. The first-order valence-corrected chi connectivity index (χ1v) is 24.3. The van der Waals surface area contributed by atoms with Crippen molar-refractivity contribution in [2.45, 2.75) is 211 Å². The zero-order valence-corrected chi connectivity index (χ0v) is 39.5. The van der Waals surface area contributed by atoms with Crippen molar-refractivity contribution < 1.29 is 89.4 Å². The summed E-state index contributed by atoms with van der Waals surface area (Å²) in [6.45, 7) is 14.1. The molecule has 3 saturated heterocycles. The number of rotatable bonds is 9. The van der Waals surface area contributed by atoms with Gasteiger partial charge in [-0.25, -0.2) is 0 Å². The van der Waals surface area contributed by atoms with E-state index in [4.69, 9.17) is 28.4 Å². The van der Waals surface area contributed by atoms with E-state index in [1.54, 1.807) is 0 Å². The van der Waals surface area contributed by atoms with Crippen LogP contribution in [0.1, 0.15) is 113 Å². The molecule has 0 aromatic carbocycles. The molecule has 18 heteroatoms. The van der Waals surface area contributed by atoms with Gasteiger partial charge >= 0.3 is 5.97 Å². The lowest BCUT2D eigenvalue weighted by atomic mass is 9.33. The maximum absolute atomic E-state index is 14.7. The molecular weight excluding hydrogens is 865 g/mol. The molecule has 7 fully saturated rings. The minimum atomic E-state index is -1.77. The Morgan fingerprint density at radius 1 is 0.606 bits per heavy atom. The van der Waals surface area contributed by atoms with Crippen molar-refractivity contribution in [1.82, 2.24) is 0 Å². The molecule has 4 saturated carbocycles. The van der Waals surface area contributed by atoms with Gasteiger partial charge in [0.05, 0.1) is 31.3 Å². The molecule has 0 aromatic heterocycles. The van der Waals surface area contributed by atoms with Gasteiger partial charge in [-0.3, -0.25) is 4.79 Å². The third-order valence-corrected chi connectivity index (χ3v) is 19.3. The summed E-state index contributed by atoms with van der Waals surface area (Å²) in [5.41, 5.74) is -0.613. The van der Waals surface area contributed by atoms with Gasteiger partial charge < -0.3 is 84.6 Å². The lowest BCUT2D eigenvalue weighted by Gasteiger charge is -2.71. The third kappa shape index (κ3) is 7.87. The summed E-state index contributed by atoms with van der Waals surface area (Å²) >= 11 is 0. The van der Waals surface area contributed by atoms with E-state index >= 15 is 0 Å². The average Bonchev–Trinajstić information content (AvgIpc) is 3.27. The Labute approximate surface area is 387 Å². The van der Waals surface area contributed by atoms with Crippen LogP contribution in [0.4, 0.5) is 0 Å². The summed E-state index contributed by atoms with van der Waals surface area (Å²) in [6, 6.07) is 0. The summed E-state index contributed by atoms with van der Waals surface area (Å²) in [7, 11) is 0. The Balaban J connectivity index is 0.998. The zero-order valence-electron chi connectivity index (χ0n) is 39.5. The number of aliphatic hydroxyl groups excluding tert-OH is 11. The fourth-order valence-electron chi connectivity index (χ4n) is 15.0. The minimum absolute atomic E-state index is 0.0540. The summed E-state index contributed by atoms with van der Waals surface area (Å²) < 4.78 is 35.6. The maximum atomic E-state index is 14.7. The fraction of sp³-hybridized carbons (Fsp3) is 0.938. The highest BCUT2D eigenvalue weighted by Gasteiger charge is 2.70. The third-order valence-electron chi connectivity index (χ3n) is 19.3. The predicted molar refractivity (Wildman–Crippen MR) is 230 cm³/mol. The number of hydrogen-bond acceptors (Lipinski definition) is 18. The molecule has 8 aliphatic rings. The normalized spacial score (nSPS) is 53.3. The van der Waals surface area contributed by atoms with E-state index in [1.807, 2.05) is 0 Å². The standard InChI is InChI=1S/C48H78O18/c1-43(2)14-16-48(42(60)66-41-36(58)33(55)31(53)25(20-50)62-41)17-15-46(6)22(23(48)18-43)8-9-28-45(5)12-11-29(44(3,4)27(45)10-13-47(28,46)7)64-39-37(59)34(56)38(26(21-51)63-39)65-40-35(57)32(54)30(52)24(19-49)61-40/h8,23-41,49-59H,9-21H2,1-7H3/t23-,24+,25-,26+,27-,28+,29-,30+,31-,32+,33+,34+,35-,36-,37-,38+,39-,40-,41+,45+,46-,47-,48+/m0/s1. The highest BCUT2D eigenvalue weighted by molar-refractivity contribution is 5.79. The number of aliphatic hydroxyl groups is 11. The van der Waals surface area contributed by atoms with Gasteiger partial charge in [0.1, 0.15) is 73.2 Å². The number of ether oxygens (including phenoxy) is 6. The Morgan fingerprint density at radius 2 is 1.15 bits per heavy atom. The summed E-state index contributed by atoms with van der Waals surface area (Å²) in [5.74, 6) is -0.157. The number of allylic oxidation sites excluding steroid dienone is 2. The summed E-state index contributed by atoms with van der Waals surface area (Å²) in [5, 5.41) is 115. The van der Waals surface area contributed by atoms with Crippen molar-refractivity contribution in [1.29, 1.82) is 0 Å². The quantitative estimate of drug-likeness (QED) is 0.0833. The Bertz CT molecular complexity index is 1790. The molecule has 11 N–H and O–H groups in total. The molecule has 0 bridgehead atoms. The predicted octanol–water partition coefficient (Wildman–Crippen LogP) is 0.141. The van der Waals surface area contributed by atoms with Crippen molar-refractivity contribution in [3.8, 4) is 0 Å². The molecule has 3 heterocycles. The van der Waals surface area contributed by atoms with Crippen LogP contribution in [-0.4, -0.2) is 180 Å². The van der Waals surface area contributed by atoms with Gasteiger partial charge in [0.15, 0.2) is 12.6 Å². The first-order valence-electron chi connectivity index (χ1n) is 24.3. The van der Waals surface area contributed by atoms with Crippen molar-refractivity contribution in [3.63, 3.8) is 0 Å². The van der Waals surface area contributed by atoms with Crippen LogP contribution in [0.25, 0.3) is 0 Å². The number of carbonyl (C=O) groups excluding carboxylic acids is 1. The van der Waals surface area contributed by atoms with E-state index in [2.05, 4.69) is 54.5 Å². The lowest BCUT2D eigenvalue weighted by Crippen LogP contribution is -2.67. The second-order valence-electron chi connectivity index (χ2n) is 23.5. The van der Waals surface area contributed by atoms with Gasteiger partial charge in [-0.1, -0.05) is 60.1 Å². The van der Waals surface area contributed by atoms with Crippen LogP contribution < -0.4 is 0 Å². The average molecular weight is 943 g/mol. The molecule has 0 amide bonds. The Morgan fingerprint density at radius 3 is 1.77 bits per heavy atom. The van der Waals surface area contributed by atoms with Gasteiger partial charge in [0.25, 0.3) is 0 Å². The lowest BCUT2D eigenvalue weighted by molar-refractivity contribution is -0.368. The molecule has 0 radical (unpaired) electrons. The van der Waals surface area contributed by atoms with E-state index in [9.17, 15) is 61.0 Å². The number of esters is 1. The summed E-state index contributed by atoms with van der Waals surface area (Å²) in [6.07, 6.45) is -13.5. The smallest absolute Gasteiger partial charge is 0.315 e. The minimum Gasteiger partial charge on any atom is -0.432 e. The van der Waals surface area contributed by atoms with Gasteiger partial charge in [0.2, 0.25) is 6.29 Å². The molecule has 378 valence electrons. The van der Waals surface area contributed by atoms with Gasteiger partial charge in [0, 0.05) is 0 Å². The molecule has 3 aliphatic heterocycles. The molecule has 8 rings (SSSR count). The van der Waals surface area contributed by atoms with Crippen LogP contribution in [0.2, 0.25) is 0 Å². The summed E-state index contributed by atoms with van der Waals surface area (Å²) in [4.78, 5) is 14.7. The molecule has 0 aromatic rings. The molecule has 23 atom stereocenters. The van der Waals surface area contributed by atoms with Crippen LogP contribution in [0.3, 0.4) is 0 Å². The zero-order chi connectivity index (χ0) is 48.3. The second-order valence-corrected chi connectivity index (χ2v) is 23.5. The van der Waals surface area contributed by atoms with Crippen LogP contribution in [0.5, 0.6) is 0 Å². The van der Waals surface area contributed by atoms with Crippen LogP contribution in [-0.2, 0) is 33.2 Å². The monoisotopic (exact) mass is 943 g/mol. The van der Waals surface area contributed by atoms with Crippen molar-refractivity contribution in [2.75, 3.05) is 19.8 Å². The van der Waals surface area contributed by atoms with E-state index in [-0.39, 0.29) is 39.4 Å². The van der Waals surface area contributed by atoms with Crippen LogP contribution in [0, 0.1) is 50.2 Å². The number of carbonyl (C=O) groups is 1. The number of hydrogen-bond donors (Lipinski definition) is 11. The first kappa shape index (κ1) is 50.9. The highest BCUT2D eigenvalue weighted by atomic mass is 16.7. The largest absolute Gasteiger partial charge is 0.432 e. The van der Waals surface area contributed by atoms with Crippen molar-refractivity contribution >= 4 is 5.97 Å².